The van der Waals surface area contributed by atoms with Gasteiger partial charge in [0.2, 0.25) is 0 Å². The number of benzene rings is 1. The Morgan fingerprint density at radius 1 is 1.39 bits per heavy atom. The summed E-state index contributed by atoms with van der Waals surface area (Å²) in [4.78, 5) is 2.13. The number of hydrogen-bond donors (Lipinski definition) is 1. The summed E-state index contributed by atoms with van der Waals surface area (Å²) in [7, 11) is 4.08. The van der Waals surface area contributed by atoms with Gasteiger partial charge in [0.05, 0.1) is 0 Å². The number of likely N-dealkylation sites (N-methyl/N-ethyl adjacent to an activating group) is 1. The molecule has 1 aromatic carbocycles. The predicted molar refractivity (Wildman–Crippen MR) is 75.7 cm³/mol. The quantitative estimate of drug-likeness (QED) is 0.821. The van der Waals surface area contributed by atoms with Gasteiger partial charge >= 0.3 is 0 Å². The van der Waals surface area contributed by atoms with Crippen LogP contribution in [0.4, 0.5) is 4.39 Å². The fourth-order valence-electron chi connectivity index (χ4n) is 1.95. The van der Waals surface area contributed by atoms with Gasteiger partial charge < -0.3 is 10.2 Å². The highest BCUT2D eigenvalue weighted by molar-refractivity contribution is 6.31. The van der Waals surface area contributed by atoms with E-state index in [9.17, 15) is 4.39 Å². The Kier molecular flexibility index (Phi) is 6.61. The van der Waals surface area contributed by atoms with Gasteiger partial charge in [-0.2, -0.15) is 0 Å². The minimum Gasteiger partial charge on any atom is -0.314 e. The molecule has 1 unspecified atom stereocenters. The first kappa shape index (κ1) is 15.4. The summed E-state index contributed by atoms with van der Waals surface area (Å²) in [6.07, 6.45) is 1.61. The Bertz CT molecular complexity index is 349. The van der Waals surface area contributed by atoms with Gasteiger partial charge in [-0.05, 0) is 52.2 Å². The van der Waals surface area contributed by atoms with Crippen LogP contribution in [0.25, 0.3) is 0 Å². The molecule has 0 spiro atoms. The second-order valence-corrected chi connectivity index (χ2v) is 5.16. The maximum Gasteiger partial charge on any atom is 0.127 e. The van der Waals surface area contributed by atoms with Gasteiger partial charge in [0.15, 0.2) is 0 Å². The number of halogens is 2. The van der Waals surface area contributed by atoms with Gasteiger partial charge in [-0.15, -0.1) is 0 Å². The van der Waals surface area contributed by atoms with Crippen molar-refractivity contribution in [2.45, 2.75) is 25.8 Å². The van der Waals surface area contributed by atoms with E-state index in [1.54, 1.807) is 12.1 Å². The van der Waals surface area contributed by atoms with E-state index in [0.29, 0.717) is 17.0 Å². The zero-order valence-corrected chi connectivity index (χ0v) is 12.1. The van der Waals surface area contributed by atoms with Crippen LogP contribution in [0.2, 0.25) is 5.02 Å². The lowest BCUT2D eigenvalue weighted by Gasteiger charge is -2.21. The maximum absolute atomic E-state index is 13.7. The molecular formula is C14H22ClFN2. The number of nitrogens with one attached hydrogen (secondary N) is 1. The molecule has 1 atom stereocenters. The number of rotatable bonds is 7. The third kappa shape index (κ3) is 4.92. The lowest BCUT2D eigenvalue weighted by atomic mass is 10.0. The van der Waals surface area contributed by atoms with Gasteiger partial charge in [0.1, 0.15) is 5.82 Å². The van der Waals surface area contributed by atoms with Crippen LogP contribution >= 0.6 is 11.6 Å². The minimum atomic E-state index is -0.213. The van der Waals surface area contributed by atoms with Gasteiger partial charge in [0, 0.05) is 16.6 Å². The van der Waals surface area contributed by atoms with Crippen LogP contribution in [0.5, 0.6) is 0 Å². The molecule has 0 aliphatic carbocycles. The van der Waals surface area contributed by atoms with Gasteiger partial charge in [0.25, 0.3) is 0 Å². The smallest absolute Gasteiger partial charge is 0.127 e. The molecule has 18 heavy (non-hydrogen) atoms. The van der Waals surface area contributed by atoms with Crippen molar-refractivity contribution >= 4 is 11.6 Å². The van der Waals surface area contributed by atoms with Crippen LogP contribution in [-0.2, 0) is 6.42 Å². The molecule has 0 fully saturated rings. The van der Waals surface area contributed by atoms with E-state index in [2.05, 4.69) is 17.1 Å². The zero-order valence-electron chi connectivity index (χ0n) is 11.3. The summed E-state index contributed by atoms with van der Waals surface area (Å²) in [6.45, 7) is 3.92. The molecule has 1 rings (SSSR count). The SMILES string of the molecule is CCNC(CCN(C)C)Cc1c(F)cccc1Cl. The average molecular weight is 273 g/mol. The molecular weight excluding hydrogens is 251 g/mol. The Morgan fingerprint density at radius 3 is 2.67 bits per heavy atom. The number of hydrogen-bond acceptors (Lipinski definition) is 2. The maximum atomic E-state index is 13.7. The molecule has 4 heteroatoms. The lowest BCUT2D eigenvalue weighted by molar-refractivity contribution is 0.357. The van der Waals surface area contributed by atoms with Crippen LogP contribution in [0.1, 0.15) is 18.9 Å². The van der Waals surface area contributed by atoms with Crippen molar-refractivity contribution in [1.29, 1.82) is 0 Å². The van der Waals surface area contributed by atoms with E-state index in [-0.39, 0.29) is 11.9 Å². The van der Waals surface area contributed by atoms with Crippen LogP contribution in [0, 0.1) is 5.82 Å². The van der Waals surface area contributed by atoms with Crippen molar-refractivity contribution in [3.8, 4) is 0 Å². The van der Waals surface area contributed by atoms with Crippen molar-refractivity contribution in [3.05, 3.63) is 34.6 Å². The fraction of sp³-hybridized carbons (Fsp3) is 0.571. The number of nitrogens with zero attached hydrogens (tertiary/aromatic N) is 1. The molecule has 1 aromatic rings. The second-order valence-electron chi connectivity index (χ2n) is 4.75. The van der Waals surface area contributed by atoms with Gasteiger partial charge in [-0.25, -0.2) is 4.39 Å². The molecule has 1 N–H and O–H groups in total. The van der Waals surface area contributed by atoms with Crippen molar-refractivity contribution < 1.29 is 4.39 Å². The zero-order chi connectivity index (χ0) is 13.5. The van der Waals surface area contributed by atoms with E-state index in [1.807, 2.05) is 14.1 Å². The van der Waals surface area contributed by atoms with E-state index in [1.165, 1.54) is 6.07 Å². The lowest BCUT2D eigenvalue weighted by Crippen LogP contribution is -2.34. The second kappa shape index (κ2) is 7.72. The van der Waals surface area contributed by atoms with Crippen LogP contribution in [0.15, 0.2) is 18.2 Å². The Hall–Kier alpha value is -0.640. The molecule has 0 aromatic heterocycles. The van der Waals surface area contributed by atoms with Gasteiger partial charge in [-0.1, -0.05) is 24.6 Å². The first-order valence-electron chi connectivity index (χ1n) is 6.35. The van der Waals surface area contributed by atoms with Crippen molar-refractivity contribution in [2.75, 3.05) is 27.2 Å². The summed E-state index contributed by atoms with van der Waals surface area (Å²) < 4.78 is 13.7. The van der Waals surface area contributed by atoms with E-state index < -0.39 is 0 Å². The highest BCUT2D eigenvalue weighted by Crippen LogP contribution is 2.21. The Balaban J connectivity index is 2.70. The van der Waals surface area contributed by atoms with E-state index in [4.69, 9.17) is 11.6 Å². The fourth-order valence-corrected chi connectivity index (χ4v) is 2.19. The van der Waals surface area contributed by atoms with Crippen molar-refractivity contribution in [2.24, 2.45) is 0 Å². The first-order chi connectivity index (χ1) is 8.54. The van der Waals surface area contributed by atoms with Crippen LogP contribution in [-0.4, -0.2) is 38.1 Å². The molecule has 0 radical (unpaired) electrons. The molecule has 2 nitrogen and oxygen atoms in total. The molecule has 0 heterocycles. The molecule has 102 valence electrons. The largest absolute Gasteiger partial charge is 0.314 e. The Labute approximate surface area is 114 Å². The summed E-state index contributed by atoms with van der Waals surface area (Å²) >= 11 is 6.06. The minimum absolute atomic E-state index is 0.213. The van der Waals surface area contributed by atoms with Crippen molar-refractivity contribution in [1.82, 2.24) is 10.2 Å². The van der Waals surface area contributed by atoms with Gasteiger partial charge in [-0.3, -0.25) is 0 Å². The third-order valence-corrected chi connectivity index (χ3v) is 3.28. The molecule has 0 saturated carbocycles. The first-order valence-corrected chi connectivity index (χ1v) is 6.73. The molecule has 0 aliphatic rings. The third-order valence-electron chi connectivity index (χ3n) is 2.93. The molecule has 0 bridgehead atoms. The van der Waals surface area contributed by atoms with E-state index in [0.717, 1.165) is 19.5 Å². The Morgan fingerprint density at radius 2 is 2.11 bits per heavy atom. The highest BCUT2D eigenvalue weighted by Gasteiger charge is 2.14. The molecule has 0 amide bonds. The average Bonchev–Trinajstić information content (AvgIpc) is 2.30. The van der Waals surface area contributed by atoms with Crippen LogP contribution in [0.3, 0.4) is 0 Å². The summed E-state index contributed by atoms with van der Waals surface area (Å²) in [5, 5.41) is 3.91. The molecule has 0 saturated heterocycles. The molecule has 0 aliphatic heterocycles. The van der Waals surface area contributed by atoms with Crippen molar-refractivity contribution in [3.63, 3.8) is 0 Å². The topological polar surface area (TPSA) is 15.3 Å². The van der Waals surface area contributed by atoms with E-state index >= 15 is 0 Å². The summed E-state index contributed by atoms with van der Waals surface area (Å²) in [5.74, 6) is -0.213. The normalized spacial score (nSPS) is 13.0. The monoisotopic (exact) mass is 272 g/mol. The highest BCUT2D eigenvalue weighted by atomic mass is 35.5. The predicted octanol–water partition coefficient (Wildman–Crippen LogP) is 2.95. The summed E-state index contributed by atoms with van der Waals surface area (Å²) in [6, 6.07) is 5.11. The van der Waals surface area contributed by atoms with Crippen LogP contribution < -0.4 is 5.32 Å². The summed E-state index contributed by atoms with van der Waals surface area (Å²) in [5.41, 5.74) is 0.615. The standard InChI is InChI=1S/C14H22ClFN2/c1-4-17-11(8-9-18(2)3)10-12-13(15)6-5-7-14(12)16/h5-7,11,17H,4,8-10H2,1-3H3.